The zero-order valence-corrected chi connectivity index (χ0v) is 18.4. The molecule has 27 heavy (non-hydrogen) atoms. The first-order valence-electron chi connectivity index (χ1n) is 7.84. The summed E-state index contributed by atoms with van der Waals surface area (Å²) >= 11 is 35.6. The second-order valence-electron chi connectivity index (χ2n) is 5.61. The lowest BCUT2D eigenvalue weighted by atomic mass is 10.3. The second-order valence-corrected chi connectivity index (χ2v) is 10.4. The minimum absolute atomic E-state index is 0.0972. The minimum atomic E-state index is -1.78. The van der Waals surface area contributed by atoms with Crippen LogP contribution < -0.4 is 20.3 Å². The Morgan fingerprint density at radius 3 is 2.44 bits per heavy atom. The molecule has 0 fully saturated rings. The third kappa shape index (κ3) is 5.03. The number of allylic oxidation sites excluding steroid dienone is 1. The van der Waals surface area contributed by atoms with Crippen LogP contribution in [0.1, 0.15) is 13.3 Å². The predicted molar refractivity (Wildman–Crippen MR) is 114 cm³/mol. The van der Waals surface area contributed by atoms with Crippen molar-refractivity contribution in [1.82, 2.24) is 10.6 Å². The number of anilines is 1. The second kappa shape index (κ2) is 7.97. The maximum absolute atomic E-state index is 6.03. The molecular weight excluding hydrogens is 477 g/mol. The van der Waals surface area contributed by atoms with Gasteiger partial charge in [0.15, 0.2) is 21.2 Å². The highest BCUT2D eigenvalue weighted by Crippen LogP contribution is 2.40. The summed E-state index contributed by atoms with van der Waals surface area (Å²) in [5.74, 6) is 2.10. The van der Waals surface area contributed by atoms with E-state index in [2.05, 4.69) is 15.6 Å². The highest BCUT2D eigenvalue weighted by atomic mass is 35.6. The normalized spacial score (nSPS) is 21.4. The summed E-state index contributed by atoms with van der Waals surface area (Å²) in [7, 11) is 0. The van der Waals surface area contributed by atoms with Crippen LogP contribution in [0.4, 0.5) is 5.69 Å². The Labute approximate surface area is 186 Å². The standard InChI is InChI=1S/C16H14Cl6N4O/c1-2-26-9-5-3-4-6-10(9)27-13(26)12-23-11(7-8-15(17,18)19)24-14(25-12)16(20,21)22/h3-7,23H,2,8H2,1H3,(H,24,25). The zero-order valence-electron chi connectivity index (χ0n) is 13.9. The van der Waals surface area contributed by atoms with E-state index >= 15 is 0 Å². The number of hydrogen-bond acceptors (Lipinski definition) is 5. The Bertz CT molecular complexity index is 825. The first kappa shape index (κ1) is 21.0. The van der Waals surface area contributed by atoms with Gasteiger partial charge in [-0.2, -0.15) is 0 Å². The summed E-state index contributed by atoms with van der Waals surface area (Å²) in [6.07, 6.45) is 1.76. The van der Waals surface area contributed by atoms with E-state index in [-0.39, 0.29) is 12.3 Å². The molecule has 0 radical (unpaired) electrons. The summed E-state index contributed by atoms with van der Waals surface area (Å²) in [5, 5.41) is 5.99. The van der Waals surface area contributed by atoms with E-state index in [1.807, 2.05) is 36.1 Å². The van der Waals surface area contributed by atoms with Crippen molar-refractivity contribution in [2.75, 3.05) is 11.4 Å². The summed E-state index contributed by atoms with van der Waals surface area (Å²) in [6.45, 7) is 2.64. The molecular formula is C16H14Cl6N4O. The number of rotatable bonds is 2. The fourth-order valence-corrected chi connectivity index (χ4v) is 3.03. The lowest BCUT2D eigenvalue weighted by Crippen LogP contribution is -2.44. The molecule has 0 amide bonds. The van der Waals surface area contributed by atoms with Gasteiger partial charge in [-0.3, -0.25) is 0 Å². The van der Waals surface area contributed by atoms with Crippen molar-refractivity contribution in [2.45, 2.75) is 20.9 Å². The molecule has 2 aliphatic rings. The van der Waals surface area contributed by atoms with Crippen LogP contribution in [0.15, 0.2) is 52.9 Å². The van der Waals surface area contributed by atoms with Crippen LogP contribution in [0.5, 0.6) is 5.75 Å². The molecule has 0 spiro atoms. The fraction of sp³-hybridized carbons (Fsp3) is 0.312. The number of alkyl halides is 6. The number of ether oxygens (including phenoxy) is 1. The van der Waals surface area contributed by atoms with E-state index in [9.17, 15) is 0 Å². The van der Waals surface area contributed by atoms with Gasteiger partial charge in [0, 0.05) is 13.0 Å². The van der Waals surface area contributed by atoms with Gasteiger partial charge < -0.3 is 20.3 Å². The van der Waals surface area contributed by atoms with Gasteiger partial charge in [0.25, 0.3) is 0 Å². The Hall–Kier alpha value is -0.690. The third-order valence-electron chi connectivity index (χ3n) is 3.66. The maximum Gasteiger partial charge on any atom is 0.248 e. The van der Waals surface area contributed by atoms with Crippen molar-refractivity contribution in [2.24, 2.45) is 4.99 Å². The molecule has 0 aliphatic carbocycles. The Morgan fingerprint density at radius 1 is 1.11 bits per heavy atom. The summed E-state index contributed by atoms with van der Waals surface area (Å²) < 4.78 is 2.73. The molecule has 5 nitrogen and oxygen atoms in total. The molecule has 0 bridgehead atoms. The van der Waals surface area contributed by atoms with Crippen LogP contribution in [0.3, 0.4) is 0 Å². The number of benzene rings is 1. The van der Waals surface area contributed by atoms with Crippen LogP contribution in [0.2, 0.25) is 0 Å². The molecule has 146 valence electrons. The first-order chi connectivity index (χ1) is 12.6. The number of aliphatic imine (C=N–C) groups is 1. The van der Waals surface area contributed by atoms with Crippen molar-refractivity contribution >= 4 is 81.1 Å². The summed E-state index contributed by atoms with van der Waals surface area (Å²) in [4.78, 5) is 6.34. The largest absolute Gasteiger partial charge is 0.435 e. The van der Waals surface area contributed by atoms with Gasteiger partial charge in [0.1, 0.15) is 5.82 Å². The van der Waals surface area contributed by atoms with E-state index in [0.29, 0.717) is 29.8 Å². The van der Waals surface area contributed by atoms with Gasteiger partial charge >= 0.3 is 0 Å². The molecule has 1 aromatic rings. The Kier molecular flexibility index (Phi) is 6.21. The fourth-order valence-electron chi connectivity index (χ4n) is 2.53. The molecule has 11 heteroatoms. The molecule has 0 atom stereocenters. The molecule has 2 aliphatic heterocycles. The van der Waals surface area contributed by atoms with Crippen LogP contribution >= 0.6 is 69.6 Å². The molecule has 0 saturated carbocycles. The molecule has 0 unspecified atom stereocenters. The lowest BCUT2D eigenvalue weighted by Gasteiger charge is -2.27. The molecule has 0 aromatic heterocycles. The monoisotopic (exact) mass is 488 g/mol. The number of para-hydroxylation sites is 2. The van der Waals surface area contributed by atoms with Crippen LogP contribution in [-0.2, 0) is 0 Å². The SMILES string of the molecule is CCN1C(=C2N=C(C(Cl)(Cl)Cl)NC(=CCC(Cl)(Cl)Cl)N2)Oc2ccccc21. The van der Waals surface area contributed by atoms with Crippen LogP contribution in [-0.4, -0.2) is 20.0 Å². The zero-order chi connectivity index (χ0) is 19.8. The highest BCUT2D eigenvalue weighted by Gasteiger charge is 2.35. The van der Waals surface area contributed by atoms with Crippen LogP contribution in [0, 0.1) is 0 Å². The van der Waals surface area contributed by atoms with Crippen molar-refractivity contribution in [3.63, 3.8) is 0 Å². The Morgan fingerprint density at radius 2 is 1.81 bits per heavy atom. The van der Waals surface area contributed by atoms with Crippen molar-refractivity contribution < 1.29 is 4.74 Å². The molecule has 0 saturated heterocycles. The number of amidine groups is 1. The average Bonchev–Trinajstić information content (AvgIpc) is 2.97. The van der Waals surface area contributed by atoms with E-state index in [4.69, 9.17) is 74.3 Å². The van der Waals surface area contributed by atoms with Crippen molar-refractivity contribution in [3.05, 3.63) is 47.9 Å². The lowest BCUT2D eigenvalue weighted by molar-refractivity contribution is 0.425. The van der Waals surface area contributed by atoms with Crippen molar-refractivity contribution in [3.8, 4) is 5.75 Å². The molecule has 3 rings (SSSR count). The average molecular weight is 491 g/mol. The van der Waals surface area contributed by atoms with E-state index in [1.165, 1.54) is 0 Å². The first-order valence-corrected chi connectivity index (χ1v) is 10.1. The smallest absolute Gasteiger partial charge is 0.248 e. The third-order valence-corrected chi connectivity index (χ3v) is 4.66. The van der Waals surface area contributed by atoms with E-state index in [0.717, 1.165) is 5.69 Å². The highest BCUT2D eigenvalue weighted by molar-refractivity contribution is 6.76. The Balaban J connectivity index is 2.03. The van der Waals surface area contributed by atoms with Gasteiger partial charge in [-0.1, -0.05) is 81.7 Å². The molecule has 1 aromatic carbocycles. The van der Waals surface area contributed by atoms with Gasteiger partial charge in [0.2, 0.25) is 9.68 Å². The van der Waals surface area contributed by atoms with Gasteiger partial charge in [-0.25, -0.2) is 4.99 Å². The quantitative estimate of drug-likeness (QED) is 0.530. The van der Waals surface area contributed by atoms with Gasteiger partial charge in [-0.05, 0) is 25.1 Å². The van der Waals surface area contributed by atoms with E-state index < -0.39 is 7.59 Å². The number of hydrogen-bond donors (Lipinski definition) is 2. The summed E-state index contributed by atoms with van der Waals surface area (Å²) in [5.41, 5.74) is 0.917. The topological polar surface area (TPSA) is 48.9 Å². The molecule has 2 N–H and O–H groups in total. The number of halogens is 6. The van der Waals surface area contributed by atoms with Gasteiger partial charge in [-0.15, -0.1) is 0 Å². The number of nitrogens with one attached hydrogen (secondary N) is 2. The minimum Gasteiger partial charge on any atom is -0.435 e. The summed E-state index contributed by atoms with van der Waals surface area (Å²) in [6, 6.07) is 7.63. The van der Waals surface area contributed by atoms with Crippen molar-refractivity contribution in [1.29, 1.82) is 0 Å². The van der Waals surface area contributed by atoms with Crippen LogP contribution in [0.25, 0.3) is 0 Å². The van der Waals surface area contributed by atoms with Gasteiger partial charge in [0.05, 0.1) is 5.69 Å². The number of fused-ring (bicyclic) bond motifs is 1. The number of nitrogens with zero attached hydrogens (tertiary/aromatic N) is 2. The maximum atomic E-state index is 6.03. The predicted octanol–water partition coefficient (Wildman–Crippen LogP) is 5.60. The van der Waals surface area contributed by atoms with E-state index in [1.54, 1.807) is 6.08 Å². The molecule has 2 heterocycles.